The average Bonchev–Trinajstić information content (AvgIpc) is 2.45. The molecule has 4 nitrogen and oxygen atoms in total. The molecule has 1 saturated carbocycles. The number of sulfone groups is 1. The van der Waals surface area contributed by atoms with Gasteiger partial charge in [-0.3, -0.25) is 4.90 Å². The van der Waals surface area contributed by atoms with Gasteiger partial charge >= 0.3 is 0 Å². The molecule has 1 aliphatic heterocycles. The molecule has 2 aliphatic rings. The van der Waals surface area contributed by atoms with Crippen LogP contribution in [-0.4, -0.2) is 56.5 Å². The van der Waals surface area contributed by atoms with Gasteiger partial charge in [0.2, 0.25) is 0 Å². The molecular formula is C15H30N2O2S. The normalized spacial score (nSPS) is 29.8. The van der Waals surface area contributed by atoms with Crippen LogP contribution in [0.5, 0.6) is 0 Å². The smallest absolute Gasteiger partial charge is 0.150 e. The molecule has 0 bridgehead atoms. The first-order valence-corrected chi connectivity index (χ1v) is 10.1. The van der Waals surface area contributed by atoms with E-state index in [9.17, 15) is 8.42 Å². The zero-order chi connectivity index (χ0) is 14.6. The minimum Gasteiger partial charge on any atom is -0.317 e. The highest BCUT2D eigenvalue weighted by Gasteiger charge is 2.34. The second kappa shape index (κ2) is 7.23. The number of hydrogen-bond acceptors (Lipinski definition) is 4. The predicted molar refractivity (Wildman–Crippen MR) is 83.8 cm³/mol. The highest BCUT2D eigenvalue weighted by molar-refractivity contribution is 7.91. The second-order valence-corrected chi connectivity index (χ2v) is 8.82. The summed E-state index contributed by atoms with van der Waals surface area (Å²) >= 11 is 0. The topological polar surface area (TPSA) is 49.4 Å². The molecule has 0 aromatic carbocycles. The maximum Gasteiger partial charge on any atom is 0.150 e. The summed E-state index contributed by atoms with van der Waals surface area (Å²) in [5.41, 5.74) is 0. The van der Waals surface area contributed by atoms with Crippen LogP contribution < -0.4 is 5.32 Å². The van der Waals surface area contributed by atoms with Crippen LogP contribution in [0.25, 0.3) is 0 Å². The van der Waals surface area contributed by atoms with E-state index in [-0.39, 0.29) is 5.25 Å². The van der Waals surface area contributed by atoms with E-state index in [1.165, 1.54) is 25.5 Å². The summed E-state index contributed by atoms with van der Waals surface area (Å²) in [5.74, 6) is 0. The molecule has 0 aromatic heterocycles. The maximum atomic E-state index is 11.9. The third-order valence-electron chi connectivity index (χ3n) is 4.93. The van der Waals surface area contributed by atoms with Gasteiger partial charge in [-0.15, -0.1) is 0 Å². The van der Waals surface area contributed by atoms with Gasteiger partial charge in [0.15, 0.2) is 0 Å². The molecule has 0 radical (unpaired) electrons. The summed E-state index contributed by atoms with van der Waals surface area (Å²) < 4.78 is 23.7. The quantitative estimate of drug-likeness (QED) is 0.841. The number of nitrogens with zero attached hydrogens (tertiary/aromatic N) is 1. The monoisotopic (exact) mass is 302 g/mol. The van der Waals surface area contributed by atoms with Gasteiger partial charge in [0.1, 0.15) is 9.84 Å². The van der Waals surface area contributed by atoms with Crippen molar-refractivity contribution in [3.63, 3.8) is 0 Å². The Bertz CT molecular complexity index is 391. The number of piperidine rings is 1. The molecule has 2 unspecified atom stereocenters. The summed E-state index contributed by atoms with van der Waals surface area (Å²) in [6.07, 6.45) is 8.94. The van der Waals surface area contributed by atoms with Crippen molar-refractivity contribution < 1.29 is 8.42 Å². The van der Waals surface area contributed by atoms with Crippen LogP contribution >= 0.6 is 0 Å². The molecule has 1 aliphatic carbocycles. The van der Waals surface area contributed by atoms with E-state index in [0.29, 0.717) is 12.1 Å². The Morgan fingerprint density at radius 3 is 2.40 bits per heavy atom. The van der Waals surface area contributed by atoms with Crippen molar-refractivity contribution in [3.05, 3.63) is 0 Å². The largest absolute Gasteiger partial charge is 0.317 e. The highest BCUT2D eigenvalue weighted by Crippen LogP contribution is 2.30. The lowest BCUT2D eigenvalue weighted by Crippen LogP contribution is -2.50. The van der Waals surface area contributed by atoms with Gasteiger partial charge in [-0.05, 0) is 58.2 Å². The predicted octanol–water partition coefficient (Wildman–Crippen LogP) is 1.81. The molecule has 5 heteroatoms. The van der Waals surface area contributed by atoms with E-state index in [1.54, 1.807) is 0 Å². The Morgan fingerprint density at radius 2 is 1.80 bits per heavy atom. The summed E-state index contributed by atoms with van der Waals surface area (Å²) in [6, 6.07) is 1.13. The van der Waals surface area contributed by atoms with Gasteiger partial charge in [-0.25, -0.2) is 8.42 Å². The number of rotatable bonds is 5. The minimum absolute atomic E-state index is 0.109. The number of hydrogen-bond donors (Lipinski definition) is 1. The van der Waals surface area contributed by atoms with Gasteiger partial charge in [-0.1, -0.05) is 13.3 Å². The van der Waals surface area contributed by atoms with Gasteiger partial charge in [0, 0.05) is 18.3 Å². The van der Waals surface area contributed by atoms with Crippen LogP contribution in [0, 0.1) is 0 Å². The third kappa shape index (κ3) is 4.18. The highest BCUT2D eigenvalue weighted by atomic mass is 32.2. The van der Waals surface area contributed by atoms with E-state index in [1.807, 2.05) is 0 Å². The molecule has 1 N–H and O–H groups in total. The van der Waals surface area contributed by atoms with E-state index < -0.39 is 9.84 Å². The van der Waals surface area contributed by atoms with Crippen LogP contribution in [0.15, 0.2) is 0 Å². The van der Waals surface area contributed by atoms with Crippen molar-refractivity contribution in [1.82, 2.24) is 10.2 Å². The Hall–Kier alpha value is -0.130. The molecular weight excluding hydrogens is 272 g/mol. The van der Waals surface area contributed by atoms with E-state index in [2.05, 4.69) is 17.1 Å². The van der Waals surface area contributed by atoms with Crippen molar-refractivity contribution in [2.24, 2.45) is 0 Å². The molecule has 20 heavy (non-hydrogen) atoms. The Labute approximate surface area is 124 Å². The van der Waals surface area contributed by atoms with Crippen molar-refractivity contribution >= 4 is 9.84 Å². The molecule has 1 saturated heterocycles. The van der Waals surface area contributed by atoms with Crippen molar-refractivity contribution in [2.75, 3.05) is 25.9 Å². The minimum atomic E-state index is -2.88. The summed E-state index contributed by atoms with van der Waals surface area (Å²) in [4.78, 5) is 2.64. The van der Waals surface area contributed by atoms with E-state index in [4.69, 9.17) is 0 Å². The van der Waals surface area contributed by atoms with Crippen LogP contribution in [-0.2, 0) is 9.84 Å². The lowest BCUT2D eigenvalue weighted by molar-refractivity contribution is 0.0856. The average molecular weight is 302 g/mol. The standard InChI is InChI=1S/C15H30N2O2S/c1-3-11-17(13-7-9-16-10-8-13)14-5-4-6-15(12-14)20(2,18)19/h13-16H,3-12H2,1-2H3. The van der Waals surface area contributed by atoms with Gasteiger partial charge in [0.05, 0.1) is 5.25 Å². The molecule has 0 aromatic rings. The molecule has 2 fully saturated rings. The first-order valence-electron chi connectivity index (χ1n) is 8.17. The summed E-state index contributed by atoms with van der Waals surface area (Å²) in [7, 11) is -2.88. The van der Waals surface area contributed by atoms with Crippen LogP contribution in [0.1, 0.15) is 51.9 Å². The van der Waals surface area contributed by atoms with Crippen molar-refractivity contribution in [3.8, 4) is 0 Å². The first-order chi connectivity index (χ1) is 9.52. The fraction of sp³-hybridized carbons (Fsp3) is 1.00. The fourth-order valence-electron chi connectivity index (χ4n) is 3.87. The zero-order valence-corrected chi connectivity index (χ0v) is 13.8. The first kappa shape index (κ1) is 16.2. The molecule has 0 spiro atoms. The lowest BCUT2D eigenvalue weighted by atomic mass is 9.91. The van der Waals surface area contributed by atoms with Gasteiger partial charge in [-0.2, -0.15) is 0 Å². The van der Waals surface area contributed by atoms with Crippen LogP contribution in [0.4, 0.5) is 0 Å². The molecule has 1 heterocycles. The molecule has 118 valence electrons. The van der Waals surface area contributed by atoms with E-state index in [0.717, 1.165) is 45.3 Å². The number of nitrogens with one attached hydrogen (secondary N) is 1. The lowest BCUT2D eigenvalue weighted by Gasteiger charge is -2.43. The van der Waals surface area contributed by atoms with Gasteiger partial charge < -0.3 is 5.32 Å². The zero-order valence-electron chi connectivity index (χ0n) is 13.0. The summed E-state index contributed by atoms with van der Waals surface area (Å²) in [6.45, 7) is 5.55. The summed E-state index contributed by atoms with van der Waals surface area (Å²) in [5, 5.41) is 3.32. The molecule has 0 amide bonds. The van der Waals surface area contributed by atoms with Crippen molar-refractivity contribution in [1.29, 1.82) is 0 Å². The molecule has 2 atom stereocenters. The maximum absolute atomic E-state index is 11.9. The molecule has 2 rings (SSSR count). The third-order valence-corrected chi connectivity index (χ3v) is 6.57. The van der Waals surface area contributed by atoms with Gasteiger partial charge in [0.25, 0.3) is 0 Å². The Balaban J connectivity index is 2.04. The van der Waals surface area contributed by atoms with E-state index >= 15 is 0 Å². The SMILES string of the molecule is CCCN(C1CCNCC1)C1CCCC(S(C)(=O)=O)C1. The Morgan fingerprint density at radius 1 is 1.10 bits per heavy atom. The fourth-order valence-corrected chi connectivity index (χ4v) is 5.04. The van der Waals surface area contributed by atoms with Crippen LogP contribution in [0.2, 0.25) is 0 Å². The van der Waals surface area contributed by atoms with Crippen molar-refractivity contribution in [2.45, 2.75) is 69.2 Å². The second-order valence-electron chi connectivity index (χ2n) is 6.49. The van der Waals surface area contributed by atoms with Crippen LogP contribution in [0.3, 0.4) is 0 Å². The Kier molecular flexibility index (Phi) is 5.87.